The molecule has 0 aliphatic rings. The molecule has 1 N–H and O–H groups in total. The number of nitrogens with zero attached hydrogens (tertiary/aromatic N) is 1. The molecule has 0 aromatic heterocycles. The van der Waals surface area contributed by atoms with E-state index in [1.807, 2.05) is 91.0 Å². The Kier molecular flexibility index (Phi) is 7.40. The van der Waals surface area contributed by atoms with Crippen LogP contribution < -0.4 is 19.6 Å². The fourth-order valence-electron chi connectivity index (χ4n) is 3.40. The largest absolute Gasteiger partial charge is 0.497 e. The van der Waals surface area contributed by atoms with Crippen molar-refractivity contribution in [3.05, 3.63) is 102 Å². The molecule has 6 heteroatoms. The zero-order valence-electron chi connectivity index (χ0n) is 19.1. The van der Waals surface area contributed by atoms with Gasteiger partial charge in [-0.1, -0.05) is 54.6 Å². The summed E-state index contributed by atoms with van der Waals surface area (Å²) in [6.07, 6.45) is 0.847. The first-order valence-corrected chi connectivity index (χ1v) is 11.0. The summed E-state index contributed by atoms with van der Waals surface area (Å²) >= 11 is 0. The Morgan fingerprint density at radius 1 is 0.912 bits per heavy atom. The summed E-state index contributed by atoms with van der Waals surface area (Å²) < 4.78 is 17.0. The second-order valence-electron chi connectivity index (χ2n) is 7.68. The van der Waals surface area contributed by atoms with E-state index in [0.717, 1.165) is 27.6 Å². The van der Waals surface area contributed by atoms with Crippen molar-refractivity contribution in [1.29, 1.82) is 0 Å². The number of fused-ring (bicyclic) bond motifs is 1. The number of rotatable bonds is 9. The maximum atomic E-state index is 12.5. The lowest BCUT2D eigenvalue weighted by Crippen LogP contribution is -2.33. The van der Waals surface area contributed by atoms with Crippen LogP contribution in [0.2, 0.25) is 0 Å². The molecule has 172 valence electrons. The zero-order chi connectivity index (χ0) is 23.8. The standard InChI is InChI=1S/C28H26N2O4/c1-20(34-26-15-14-22-9-3-4-10-23(22)17-26)28(31)30-29-18-24-11-5-6-13-27(24)33-19-21-8-7-12-25(16-21)32-2/h3-18,20H,19H2,1-2H3,(H,30,31)/b29-18-/t20-/m1/s1. The van der Waals surface area contributed by atoms with Gasteiger partial charge in [-0.05, 0) is 59.7 Å². The molecular weight excluding hydrogens is 428 g/mol. The van der Waals surface area contributed by atoms with Crippen LogP contribution in [0.1, 0.15) is 18.1 Å². The molecule has 0 saturated carbocycles. The van der Waals surface area contributed by atoms with Gasteiger partial charge in [0.05, 0.1) is 13.3 Å². The first-order valence-electron chi connectivity index (χ1n) is 11.0. The summed E-state index contributed by atoms with van der Waals surface area (Å²) in [4.78, 5) is 12.5. The van der Waals surface area contributed by atoms with Crippen LogP contribution in [0.3, 0.4) is 0 Å². The maximum Gasteiger partial charge on any atom is 0.280 e. The lowest BCUT2D eigenvalue weighted by molar-refractivity contribution is -0.127. The van der Waals surface area contributed by atoms with Crippen LogP contribution in [-0.2, 0) is 11.4 Å². The SMILES string of the molecule is COc1cccc(COc2ccccc2/C=N\NC(=O)[C@@H](C)Oc2ccc3ccccc3c2)c1. The molecule has 1 amide bonds. The molecule has 0 unspecified atom stereocenters. The second-order valence-corrected chi connectivity index (χ2v) is 7.68. The van der Waals surface area contributed by atoms with Crippen LogP contribution in [0.5, 0.6) is 17.2 Å². The number of amides is 1. The van der Waals surface area contributed by atoms with Gasteiger partial charge in [-0.3, -0.25) is 4.79 Å². The highest BCUT2D eigenvalue weighted by molar-refractivity contribution is 5.87. The van der Waals surface area contributed by atoms with E-state index < -0.39 is 6.10 Å². The maximum absolute atomic E-state index is 12.5. The number of hydrazone groups is 1. The molecule has 0 spiro atoms. The van der Waals surface area contributed by atoms with E-state index in [1.54, 1.807) is 20.2 Å². The van der Waals surface area contributed by atoms with E-state index >= 15 is 0 Å². The average Bonchev–Trinajstić information content (AvgIpc) is 2.88. The Morgan fingerprint density at radius 2 is 1.71 bits per heavy atom. The molecule has 0 saturated heterocycles. The number of carbonyl (C=O) groups is 1. The Hall–Kier alpha value is -4.32. The third-order valence-electron chi connectivity index (χ3n) is 5.23. The summed E-state index contributed by atoms with van der Waals surface area (Å²) in [6, 6.07) is 28.9. The summed E-state index contributed by atoms with van der Waals surface area (Å²) in [6.45, 7) is 2.07. The van der Waals surface area contributed by atoms with Gasteiger partial charge in [0.25, 0.3) is 5.91 Å². The second kappa shape index (κ2) is 11.0. The van der Waals surface area contributed by atoms with Crippen molar-refractivity contribution in [2.45, 2.75) is 19.6 Å². The van der Waals surface area contributed by atoms with Crippen LogP contribution >= 0.6 is 0 Å². The fraction of sp³-hybridized carbons (Fsp3) is 0.143. The molecule has 0 aliphatic heterocycles. The molecule has 4 aromatic rings. The van der Waals surface area contributed by atoms with Gasteiger partial charge in [-0.25, -0.2) is 5.43 Å². The van der Waals surface area contributed by atoms with Crippen molar-refractivity contribution < 1.29 is 19.0 Å². The molecule has 0 fully saturated rings. The first kappa shape index (κ1) is 22.9. The van der Waals surface area contributed by atoms with E-state index in [0.29, 0.717) is 18.1 Å². The van der Waals surface area contributed by atoms with E-state index in [-0.39, 0.29) is 5.91 Å². The van der Waals surface area contributed by atoms with Crippen molar-refractivity contribution in [2.24, 2.45) is 5.10 Å². The van der Waals surface area contributed by atoms with E-state index in [2.05, 4.69) is 10.5 Å². The van der Waals surface area contributed by atoms with E-state index in [9.17, 15) is 4.79 Å². The summed E-state index contributed by atoms with van der Waals surface area (Å²) in [5.41, 5.74) is 4.27. The van der Waals surface area contributed by atoms with Crippen LogP contribution in [0.15, 0.2) is 96.1 Å². The lowest BCUT2D eigenvalue weighted by atomic mass is 10.1. The van der Waals surface area contributed by atoms with E-state index in [4.69, 9.17) is 14.2 Å². The van der Waals surface area contributed by atoms with E-state index in [1.165, 1.54) is 0 Å². The number of nitrogens with one attached hydrogen (secondary N) is 1. The Bertz CT molecular complexity index is 1300. The first-order chi connectivity index (χ1) is 16.6. The van der Waals surface area contributed by atoms with Crippen molar-refractivity contribution in [2.75, 3.05) is 7.11 Å². The molecule has 6 nitrogen and oxygen atoms in total. The predicted octanol–water partition coefficient (Wildman–Crippen LogP) is 5.35. The summed E-state index contributed by atoms with van der Waals surface area (Å²) in [5.74, 6) is 1.71. The van der Waals surface area contributed by atoms with Gasteiger partial charge in [0, 0.05) is 5.56 Å². The molecule has 0 heterocycles. The molecule has 0 radical (unpaired) electrons. The highest BCUT2D eigenvalue weighted by Gasteiger charge is 2.14. The van der Waals surface area contributed by atoms with Gasteiger partial charge in [0.1, 0.15) is 23.9 Å². The minimum atomic E-state index is -0.710. The van der Waals surface area contributed by atoms with Gasteiger partial charge < -0.3 is 14.2 Å². The van der Waals surface area contributed by atoms with Crippen molar-refractivity contribution >= 4 is 22.9 Å². The number of carbonyl (C=O) groups excluding carboxylic acids is 1. The number of hydrogen-bond acceptors (Lipinski definition) is 5. The zero-order valence-corrected chi connectivity index (χ0v) is 19.1. The molecule has 0 aliphatic carbocycles. The fourth-order valence-corrected chi connectivity index (χ4v) is 3.40. The minimum absolute atomic E-state index is 0.348. The molecular formula is C28H26N2O4. The van der Waals surface area contributed by atoms with Crippen LogP contribution in [-0.4, -0.2) is 25.3 Å². The molecule has 1 atom stereocenters. The monoisotopic (exact) mass is 454 g/mol. The van der Waals surface area contributed by atoms with Crippen molar-refractivity contribution in [3.8, 4) is 17.2 Å². The molecule has 0 bridgehead atoms. The third kappa shape index (κ3) is 5.92. The summed E-state index contributed by atoms with van der Waals surface area (Å²) in [5, 5.41) is 6.26. The van der Waals surface area contributed by atoms with Gasteiger partial charge in [-0.15, -0.1) is 0 Å². The minimum Gasteiger partial charge on any atom is -0.497 e. The predicted molar refractivity (Wildman–Crippen MR) is 134 cm³/mol. The number of ether oxygens (including phenoxy) is 3. The van der Waals surface area contributed by atoms with Crippen LogP contribution in [0, 0.1) is 0 Å². The quantitative estimate of drug-likeness (QED) is 0.274. The Balaban J connectivity index is 1.34. The number of para-hydroxylation sites is 1. The number of methoxy groups -OCH3 is 1. The van der Waals surface area contributed by atoms with Gasteiger partial charge >= 0.3 is 0 Å². The number of benzene rings is 4. The highest BCUT2D eigenvalue weighted by atomic mass is 16.5. The molecule has 4 rings (SSSR count). The van der Waals surface area contributed by atoms with Crippen LogP contribution in [0.25, 0.3) is 10.8 Å². The Labute approximate surface area is 198 Å². The van der Waals surface area contributed by atoms with Crippen LogP contribution in [0.4, 0.5) is 0 Å². The smallest absolute Gasteiger partial charge is 0.280 e. The van der Waals surface area contributed by atoms with Gasteiger partial charge in [0.2, 0.25) is 0 Å². The van der Waals surface area contributed by atoms with Crippen molar-refractivity contribution in [1.82, 2.24) is 5.43 Å². The lowest BCUT2D eigenvalue weighted by Gasteiger charge is -2.13. The average molecular weight is 455 g/mol. The van der Waals surface area contributed by atoms with Crippen molar-refractivity contribution in [3.63, 3.8) is 0 Å². The summed E-state index contributed by atoms with van der Waals surface area (Å²) in [7, 11) is 1.63. The number of hydrogen-bond donors (Lipinski definition) is 1. The van der Waals surface area contributed by atoms with Gasteiger partial charge in [0.15, 0.2) is 6.10 Å². The third-order valence-corrected chi connectivity index (χ3v) is 5.23. The highest BCUT2D eigenvalue weighted by Crippen LogP contribution is 2.22. The molecule has 4 aromatic carbocycles. The topological polar surface area (TPSA) is 69.2 Å². The van der Waals surface area contributed by atoms with Gasteiger partial charge in [-0.2, -0.15) is 5.10 Å². The molecule has 34 heavy (non-hydrogen) atoms. The normalized spacial score (nSPS) is 11.8. The Morgan fingerprint density at radius 3 is 2.56 bits per heavy atom.